The smallest absolute Gasteiger partial charge is 0.0416 e. The molecular weight excluding hydrogens is 110 g/mol. The van der Waals surface area contributed by atoms with Crippen molar-refractivity contribution in [2.24, 2.45) is 16.8 Å². The summed E-state index contributed by atoms with van der Waals surface area (Å²) in [4.78, 5) is 4.25. The first-order valence-corrected chi connectivity index (χ1v) is 3.79. The number of hydrogen-bond donors (Lipinski definition) is 0. The van der Waals surface area contributed by atoms with E-state index in [0.29, 0.717) is 0 Å². The molecule has 0 aliphatic carbocycles. The lowest BCUT2D eigenvalue weighted by molar-refractivity contribution is 0.368. The van der Waals surface area contributed by atoms with Gasteiger partial charge in [0.05, 0.1) is 0 Å². The van der Waals surface area contributed by atoms with Gasteiger partial charge in [-0.05, 0) is 30.9 Å². The van der Waals surface area contributed by atoms with Gasteiger partial charge >= 0.3 is 0 Å². The highest BCUT2D eigenvalue weighted by atomic mass is 14.7. The highest BCUT2D eigenvalue weighted by molar-refractivity contribution is 5.57. The lowest BCUT2D eigenvalue weighted by atomic mass is 9.90. The minimum atomic E-state index is 0.822. The Hall–Kier alpha value is -0.330. The fourth-order valence-electron chi connectivity index (χ4n) is 1.23. The largest absolute Gasteiger partial charge is 0.297 e. The van der Waals surface area contributed by atoms with Gasteiger partial charge in [0.25, 0.3) is 0 Å². The van der Waals surface area contributed by atoms with Gasteiger partial charge in [0.1, 0.15) is 0 Å². The van der Waals surface area contributed by atoms with Gasteiger partial charge in [-0.1, -0.05) is 13.8 Å². The molecule has 52 valence electrons. The topological polar surface area (TPSA) is 12.4 Å². The maximum atomic E-state index is 4.25. The fraction of sp³-hybridized carbons (Fsp3) is 0.875. The van der Waals surface area contributed by atoms with E-state index in [1.165, 1.54) is 12.8 Å². The van der Waals surface area contributed by atoms with Gasteiger partial charge in [-0.25, -0.2) is 0 Å². The molecule has 0 fully saturated rings. The molecule has 9 heavy (non-hydrogen) atoms. The summed E-state index contributed by atoms with van der Waals surface area (Å²) in [6, 6.07) is 0. The zero-order valence-corrected chi connectivity index (χ0v) is 6.30. The van der Waals surface area contributed by atoms with E-state index in [2.05, 4.69) is 25.1 Å². The molecule has 0 amide bonds. The van der Waals surface area contributed by atoms with E-state index < -0.39 is 0 Å². The Bertz CT molecular complexity index is 105. The van der Waals surface area contributed by atoms with Gasteiger partial charge in [-0.2, -0.15) is 0 Å². The van der Waals surface area contributed by atoms with Crippen molar-refractivity contribution in [2.45, 2.75) is 26.7 Å². The summed E-state index contributed by atoms with van der Waals surface area (Å²) in [6.45, 7) is 5.63. The Morgan fingerprint density at radius 3 is 2.67 bits per heavy atom. The van der Waals surface area contributed by atoms with Crippen LogP contribution in [0.3, 0.4) is 0 Å². The Balaban J connectivity index is 2.35. The molecule has 0 saturated carbocycles. The highest BCUT2D eigenvalue weighted by Gasteiger charge is 2.13. The Morgan fingerprint density at radius 1 is 1.56 bits per heavy atom. The van der Waals surface area contributed by atoms with Gasteiger partial charge in [0, 0.05) is 6.54 Å². The number of aliphatic imine (C=N–C) groups is 1. The van der Waals surface area contributed by atoms with Crippen molar-refractivity contribution in [2.75, 3.05) is 6.54 Å². The van der Waals surface area contributed by atoms with Crippen LogP contribution in [-0.2, 0) is 0 Å². The van der Waals surface area contributed by atoms with Crippen LogP contribution in [0.1, 0.15) is 26.7 Å². The molecule has 0 saturated heterocycles. The van der Waals surface area contributed by atoms with Crippen molar-refractivity contribution in [1.82, 2.24) is 0 Å². The van der Waals surface area contributed by atoms with Gasteiger partial charge in [-0.15, -0.1) is 0 Å². The molecule has 0 aromatic heterocycles. The molecule has 1 aliphatic heterocycles. The number of hydrogen-bond acceptors (Lipinski definition) is 1. The lowest BCUT2D eigenvalue weighted by Crippen LogP contribution is -2.15. The van der Waals surface area contributed by atoms with Crippen molar-refractivity contribution in [3.8, 4) is 0 Å². The molecule has 0 N–H and O–H groups in total. The molecule has 0 aromatic carbocycles. The molecule has 1 rings (SSSR count). The summed E-state index contributed by atoms with van der Waals surface area (Å²) in [5.74, 6) is 1.68. The molecule has 1 heterocycles. The molecular formula is C8H15N. The average molecular weight is 125 g/mol. The maximum absolute atomic E-state index is 4.25. The fourth-order valence-corrected chi connectivity index (χ4v) is 1.23. The summed E-state index contributed by atoms with van der Waals surface area (Å²) in [6.07, 6.45) is 4.60. The minimum Gasteiger partial charge on any atom is -0.297 e. The average Bonchev–Trinajstić information content (AvgIpc) is 1.90. The second-order valence-corrected chi connectivity index (χ2v) is 3.13. The first-order valence-electron chi connectivity index (χ1n) is 3.79. The van der Waals surface area contributed by atoms with Gasteiger partial charge in [0.2, 0.25) is 0 Å². The third-order valence-corrected chi connectivity index (χ3v) is 2.08. The molecule has 0 bridgehead atoms. The van der Waals surface area contributed by atoms with Gasteiger partial charge in [-0.3, -0.25) is 4.99 Å². The SMILES string of the molecule is CC(C)C1CCC=NC1. The van der Waals surface area contributed by atoms with E-state index in [0.717, 1.165) is 18.4 Å². The van der Waals surface area contributed by atoms with Crippen molar-refractivity contribution < 1.29 is 0 Å². The minimum absolute atomic E-state index is 0.822. The zero-order valence-electron chi connectivity index (χ0n) is 6.30. The quantitative estimate of drug-likeness (QED) is 0.509. The number of rotatable bonds is 1. The van der Waals surface area contributed by atoms with Gasteiger partial charge in [0.15, 0.2) is 0 Å². The van der Waals surface area contributed by atoms with Crippen LogP contribution in [0.15, 0.2) is 4.99 Å². The van der Waals surface area contributed by atoms with Crippen LogP contribution in [0.25, 0.3) is 0 Å². The van der Waals surface area contributed by atoms with E-state index >= 15 is 0 Å². The van der Waals surface area contributed by atoms with Crippen LogP contribution in [0.2, 0.25) is 0 Å². The third kappa shape index (κ3) is 1.81. The summed E-state index contributed by atoms with van der Waals surface area (Å²) < 4.78 is 0. The monoisotopic (exact) mass is 125 g/mol. The van der Waals surface area contributed by atoms with Crippen LogP contribution >= 0.6 is 0 Å². The van der Waals surface area contributed by atoms with Crippen molar-refractivity contribution >= 4 is 6.21 Å². The molecule has 1 aliphatic rings. The second-order valence-electron chi connectivity index (χ2n) is 3.13. The standard InChI is InChI=1S/C8H15N/c1-7(2)8-4-3-5-9-6-8/h5,7-8H,3-4,6H2,1-2H3. The molecule has 1 nitrogen and oxygen atoms in total. The lowest BCUT2D eigenvalue weighted by Gasteiger charge is -2.20. The predicted octanol–water partition coefficient (Wildman–Crippen LogP) is 2.12. The van der Waals surface area contributed by atoms with Crippen LogP contribution < -0.4 is 0 Å². The Labute approximate surface area is 57.2 Å². The van der Waals surface area contributed by atoms with Crippen molar-refractivity contribution in [1.29, 1.82) is 0 Å². The van der Waals surface area contributed by atoms with E-state index in [1.807, 2.05) is 0 Å². The first kappa shape index (κ1) is 6.79. The Kier molecular flexibility index (Phi) is 2.26. The molecule has 0 aromatic rings. The molecule has 0 radical (unpaired) electrons. The second kappa shape index (κ2) is 3.00. The summed E-state index contributed by atoms with van der Waals surface area (Å²) >= 11 is 0. The van der Waals surface area contributed by atoms with E-state index in [1.54, 1.807) is 0 Å². The zero-order chi connectivity index (χ0) is 6.69. The summed E-state index contributed by atoms with van der Waals surface area (Å²) in [7, 11) is 0. The summed E-state index contributed by atoms with van der Waals surface area (Å²) in [5.41, 5.74) is 0. The van der Waals surface area contributed by atoms with E-state index in [-0.39, 0.29) is 0 Å². The maximum Gasteiger partial charge on any atom is 0.0416 e. The van der Waals surface area contributed by atoms with Crippen LogP contribution in [-0.4, -0.2) is 12.8 Å². The van der Waals surface area contributed by atoms with Crippen molar-refractivity contribution in [3.63, 3.8) is 0 Å². The number of nitrogens with zero attached hydrogens (tertiary/aromatic N) is 1. The Morgan fingerprint density at radius 2 is 2.33 bits per heavy atom. The van der Waals surface area contributed by atoms with Crippen molar-refractivity contribution in [3.05, 3.63) is 0 Å². The molecule has 1 heteroatoms. The summed E-state index contributed by atoms with van der Waals surface area (Å²) in [5, 5.41) is 0. The van der Waals surface area contributed by atoms with Crippen LogP contribution in [0, 0.1) is 11.8 Å². The molecule has 0 spiro atoms. The molecule has 1 unspecified atom stereocenters. The third-order valence-electron chi connectivity index (χ3n) is 2.08. The normalized spacial score (nSPS) is 27.2. The van der Waals surface area contributed by atoms with Gasteiger partial charge < -0.3 is 0 Å². The molecule has 1 atom stereocenters. The highest BCUT2D eigenvalue weighted by Crippen LogP contribution is 2.19. The van der Waals surface area contributed by atoms with Crippen LogP contribution in [0.4, 0.5) is 0 Å². The predicted molar refractivity (Wildman–Crippen MR) is 40.9 cm³/mol. The van der Waals surface area contributed by atoms with Crippen LogP contribution in [0.5, 0.6) is 0 Å². The first-order chi connectivity index (χ1) is 4.30. The van der Waals surface area contributed by atoms with E-state index in [4.69, 9.17) is 0 Å². The van der Waals surface area contributed by atoms with E-state index in [9.17, 15) is 0 Å².